The lowest BCUT2D eigenvalue weighted by molar-refractivity contribution is 0.603. The van der Waals surface area contributed by atoms with E-state index in [9.17, 15) is 4.79 Å². The van der Waals surface area contributed by atoms with Crippen LogP contribution in [0.3, 0.4) is 0 Å². The molecule has 1 aromatic carbocycles. The molecule has 6 rings (SSSR count). The highest BCUT2D eigenvalue weighted by Gasteiger charge is 2.26. The third-order valence-corrected chi connectivity index (χ3v) is 6.55. The molecule has 1 saturated carbocycles. The third kappa shape index (κ3) is 3.63. The monoisotopic (exact) mass is 466 g/mol. The van der Waals surface area contributed by atoms with Crippen LogP contribution in [0.1, 0.15) is 55.7 Å². The van der Waals surface area contributed by atoms with Crippen LogP contribution in [0.25, 0.3) is 33.9 Å². The molecule has 176 valence electrons. The summed E-state index contributed by atoms with van der Waals surface area (Å²) in [4.78, 5) is 27.9. The largest absolute Gasteiger partial charge is 0.310 e. The Labute approximate surface area is 202 Å². The van der Waals surface area contributed by atoms with Gasteiger partial charge in [-0.25, -0.2) is 19.5 Å². The molecule has 9 heteroatoms. The van der Waals surface area contributed by atoms with Crippen LogP contribution in [-0.2, 0) is 0 Å². The number of hydrogen-bond acceptors (Lipinski definition) is 6. The van der Waals surface area contributed by atoms with Gasteiger partial charge in [0.05, 0.1) is 28.6 Å². The van der Waals surface area contributed by atoms with Crippen molar-refractivity contribution in [3.63, 3.8) is 0 Å². The predicted octanol–water partition coefficient (Wildman–Crippen LogP) is 4.30. The highest BCUT2D eigenvalue weighted by atomic mass is 16.1. The van der Waals surface area contributed by atoms with Gasteiger partial charge in [-0.2, -0.15) is 0 Å². The smallest absolute Gasteiger partial charge is 0.267 e. The van der Waals surface area contributed by atoms with Gasteiger partial charge in [-0.3, -0.25) is 4.79 Å². The first-order valence-corrected chi connectivity index (χ1v) is 11.9. The second-order valence-corrected chi connectivity index (χ2v) is 9.47. The van der Waals surface area contributed by atoms with Crippen LogP contribution in [-0.4, -0.2) is 38.9 Å². The van der Waals surface area contributed by atoms with E-state index in [4.69, 9.17) is 9.97 Å². The Balaban J connectivity index is 1.49. The number of rotatable bonds is 5. The summed E-state index contributed by atoms with van der Waals surface area (Å²) in [5.41, 5.74) is 4.23. The summed E-state index contributed by atoms with van der Waals surface area (Å²) in [5.74, 6) is 2.30. The van der Waals surface area contributed by atoms with Gasteiger partial charge in [0.2, 0.25) is 0 Å². The van der Waals surface area contributed by atoms with Gasteiger partial charge in [0, 0.05) is 18.2 Å². The highest BCUT2D eigenvalue weighted by molar-refractivity contribution is 5.82. The molecule has 0 amide bonds. The Morgan fingerprint density at radius 2 is 1.89 bits per heavy atom. The summed E-state index contributed by atoms with van der Waals surface area (Å²) >= 11 is 0. The summed E-state index contributed by atoms with van der Waals surface area (Å²) in [5, 5.41) is 8.83. The summed E-state index contributed by atoms with van der Waals surface area (Å²) in [7, 11) is 0. The van der Waals surface area contributed by atoms with Crippen molar-refractivity contribution in [1.29, 1.82) is 0 Å². The molecule has 1 fully saturated rings. The zero-order valence-electron chi connectivity index (χ0n) is 20.2. The normalized spacial score (nSPS) is 13.7. The number of imidazole rings is 1. The number of hydrogen-bond donors (Lipinski definition) is 0. The molecular formula is C26H26N8O. The average molecular weight is 467 g/mol. The number of aryl methyl sites for hydroxylation is 2. The molecule has 0 atom stereocenters. The number of pyridine rings is 1. The van der Waals surface area contributed by atoms with Gasteiger partial charge in [0.25, 0.3) is 5.56 Å². The number of benzene rings is 1. The number of nitrogens with zero attached hydrogens (tertiary/aromatic N) is 8. The molecule has 0 bridgehead atoms. The van der Waals surface area contributed by atoms with Gasteiger partial charge in [-0.05, 0) is 70.4 Å². The Hall–Kier alpha value is -4.14. The van der Waals surface area contributed by atoms with E-state index in [2.05, 4.69) is 35.2 Å². The minimum atomic E-state index is -0.161. The second-order valence-electron chi connectivity index (χ2n) is 9.47. The van der Waals surface area contributed by atoms with Crippen LogP contribution in [0, 0.1) is 13.8 Å². The van der Waals surface area contributed by atoms with Crippen molar-refractivity contribution < 1.29 is 0 Å². The van der Waals surface area contributed by atoms with Crippen LogP contribution in [0.2, 0.25) is 0 Å². The fourth-order valence-corrected chi connectivity index (χ4v) is 4.52. The average Bonchev–Trinajstić information content (AvgIpc) is 3.35. The molecule has 9 nitrogen and oxygen atoms in total. The maximum absolute atomic E-state index is 13.8. The number of fused-ring (bicyclic) bond motifs is 1. The van der Waals surface area contributed by atoms with Crippen molar-refractivity contribution in [1.82, 2.24) is 38.9 Å². The maximum atomic E-state index is 13.8. The molecule has 0 N–H and O–H groups in total. The minimum absolute atomic E-state index is 0.161. The minimum Gasteiger partial charge on any atom is -0.310 e. The lowest BCUT2D eigenvalue weighted by Gasteiger charge is -2.14. The fourth-order valence-electron chi connectivity index (χ4n) is 4.52. The van der Waals surface area contributed by atoms with E-state index in [1.807, 2.05) is 59.6 Å². The molecule has 0 unspecified atom stereocenters. The molecule has 0 radical (unpaired) electrons. The second kappa shape index (κ2) is 7.97. The molecule has 0 aliphatic heterocycles. The van der Waals surface area contributed by atoms with E-state index in [0.717, 1.165) is 16.9 Å². The van der Waals surface area contributed by atoms with Gasteiger partial charge in [0.1, 0.15) is 23.7 Å². The van der Waals surface area contributed by atoms with E-state index in [-0.39, 0.29) is 11.6 Å². The summed E-state index contributed by atoms with van der Waals surface area (Å²) < 4.78 is 5.52. The van der Waals surface area contributed by atoms with Crippen molar-refractivity contribution >= 4 is 10.9 Å². The summed E-state index contributed by atoms with van der Waals surface area (Å²) in [6, 6.07) is 9.62. The molecule has 1 aliphatic carbocycles. The molecular weight excluding hydrogens is 440 g/mol. The van der Waals surface area contributed by atoms with Crippen LogP contribution >= 0.6 is 0 Å². The Morgan fingerprint density at radius 3 is 2.66 bits per heavy atom. The Morgan fingerprint density at radius 1 is 1.06 bits per heavy atom. The SMILES string of the molecule is Cc1cc2nc(C)n(-c3cccc(-c4nncn4C(C)C)n3)c(=O)c2cc1-n1cnc(C2CC2)c1. The molecule has 4 heterocycles. The van der Waals surface area contributed by atoms with Crippen LogP contribution in [0.5, 0.6) is 0 Å². The molecule has 0 spiro atoms. The zero-order valence-corrected chi connectivity index (χ0v) is 20.2. The summed E-state index contributed by atoms with van der Waals surface area (Å²) in [6.45, 7) is 7.98. The van der Waals surface area contributed by atoms with Gasteiger partial charge in [-0.1, -0.05) is 6.07 Å². The quantitative estimate of drug-likeness (QED) is 0.383. The van der Waals surface area contributed by atoms with E-state index in [1.54, 1.807) is 10.9 Å². The standard InChI is InChI=1S/C26H26N8O/c1-15(2)33-14-28-31-25(33)20-6-5-7-24(30-20)34-17(4)29-21-10-16(3)23(11-19(21)26(34)35)32-12-22(27-13-32)18-8-9-18/h5-7,10-15,18H,8-9H2,1-4H3. The van der Waals surface area contributed by atoms with Crippen LogP contribution in [0.15, 0.2) is 54.0 Å². The van der Waals surface area contributed by atoms with E-state index in [1.165, 1.54) is 12.8 Å². The van der Waals surface area contributed by atoms with Crippen LogP contribution < -0.4 is 5.56 Å². The van der Waals surface area contributed by atoms with E-state index >= 15 is 0 Å². The molecule has 5 aromatic rings. The Bertz CT molecular complexity index is 1640. The fraction of sp³-hybridized carbons (Fsp3) is 0.308. The third-order valence-electron chi connectivity index (χ3n) is 6.55. The Kier molecular flexibility index (Phi) is 4.87. The van der Waals surface area contributed by atoms with Crippen molar-refractivity contribution in [2.24, 2.45) is 0 Å². The summed E-state index contributed by atoms with van der Waals surface area (Å²) in [6.07, 6.45) is 7.99. The first kappa shape index (κ1) is 21.4. The maximum Gasteiger partial charge on any atom is 0.267 e. The predicted molar refractivity (Wildman–Crippen MR) is 133 cm³/mol. The topological polar surface area (TPSA) is 96.3 Å². The highest BCUT2D eigenvalue weighted by Crippen LogP contribution is 2.39. The van der Waals surface area contributed by atoms with Gasteiger partial charge in [0.15, 0.2) is 5.82 Å². The van der Waals surface area contributed by atoms with Crippen molar-refractivity contribution in [2.45, 2.75) is 52.5 Å². The number of aromatic nitrogens is 8. The van der Waals surface area contributed by atoms with E-state index < -0.39 is 0 Å². The first-order chi connectivity index (χ1) is 16.9. The molecule has 0 saturated heterocycles. The van der Waals surface area contributed by atoms with Gasteiger partial charge >= 0.3 is 0 Å². The zero-order chi connectivity index (χ0) is 24.3. The van der Waals surface area contributed by atoms with Gasteiger partial charge < -0.3 is 9.13 Å². The molecule has 1 aliphatic rings. The van der Waals surface area contributed by atoms with Crippen LogP contribution in [0.4, 0.5) is 0 Å². The van der Waals surface area contributed by atoms with E-state index in [0.29, 0.717) is 40.0 Å². The first-order valence-electron chi connectivity index (χ1n) is 11.9. The van der Waals surface area contributed by atoms with Crippen molar-refractivity contribution in [2.75, 3.05) is 0 Å². The van der Waals surface area contributed by atoms with Crippen molar-refractivity contribution in [3.8, 4) is 23.0 Å². The lowest BCUT2D eigenvalue weighted by atomic mass is 10.1. The molecule has 4 aromatic heterocycles. The van der Waals surface area contributed by atoms with Gasteiger partial charge in [-0.15, -0.1) is 10.2 Å². The van der Waals surface area contributed by atoms with Crippen molar-refractivity contribution in [3.05, 3.63) is 76.6 Å². The molecule has 35 heavy (non-hydrogen) atoms. The lowest BCUT2D eigenvalue weighted by Crippen LogP contribution is -2.23.